The summed E-state index contributed by atoms with van der Waals surface area (Å²) in [4.78, 5) is 15.7. The van der Waals surface area contributed by atoms with Crippen molar-refractivity contribution in [1.82, 2.24) is 19.9 Å². The zero-order chi connectivity index (χ0) is 25.3. The third-order valence-electron chi connectivity index (χ3n) is 5.94. The SMILES string of the molecule is Clc1cnc2nc1-c1ccnc(c1)OCC/C=C/COCc1cc(cc(OCCN3CCOCC3)c1)N2. The molecule has 1 N–H and O–H groups in total. The Morgan fingerprint density at radius 1 is 1.03 bits per heavy atom. The number of halogens is 1. The molecule has 2 aliphatic heterocycles. The molecule has 0 aliphatic carbocycles. The lowest BCUT2D eigenvalue weighted by Crippen LogP contribution is -2.38. The van der Waals surface area contributed by atoms with Crippen LogP contribution in [0.4, 0.5) is 11.6 Å². The van der Waals surface area contributed by atoms with Crippen molar-refractivity contribution >= 4 is 23.2 Å². The summed E-state index contributed by atoms with van der Waals surface area (Å²) < 4.78 is 23.2. The molecule has 1 fully saturated rings. The van der Waals surface area contributed by atoms with Gasteiger partial charge in [0, 0.05) is 49.2 Å². The molecule has 194 valence electrons. The number of morpholine rings is 1. The Balaban J connectivity index is 1.39. The monoisotopic (exact) mass is 523 g/mol. The predicted molar refractivity (Wildman–Crippen MR) is 142 cm³/mol. The molecule has 2 aromatic heterocycles. The van der Waals surface area contributed by atoms with Crippen molar-refractivity contribution in [3.05, 3.63) is 65.5 Å². The average molecular weight is 524 g/mol. The van der Waals surface area contributed by atoms with E-state index in [0.717, 1.165) is 61.8 Å². The van der Waals surface area contributed by atoms with Gasteiger partial charge in [-0.15, -0.1) is 0 Å². The molecule has 0 radical (unpaired) electrons. The summed E-state index contributed by atoms with van der Waals surface area (Å²) in [7, 11) is 0. The summed E-state index contributed by atoms with van der Waals surface area (Å²) in [5.41, 5.74) is 3.17. The Kier molecular flexibility index (Phi) is 8.81. The van der Waals surface area contributed by atoms with Crippen molar-refractivity contribution in [3.63, 3.8) is 0 Å². The number of hydrogen-bond acceptors (Lipinski definition) is 9. The van der Waals surface area contributed by atoms with Gasteiger partial charge in [-0.25, -0.2) is 15.0 Å². The van der Waals surface area contributed by atoms with E-state index in [1.165, 1.54) is 0 Å². The first kappa shape index (κ1) is 25.4. The highest BCUT2D eigenvalue weighted by molar-refractivity contribution is 6.32. The van der Waals surface area contributed by atoms with Crippen LogP contribution in [-0.4, -0.2) is 72.5 Å². The molecule has 5 rings (SSSR count). The largest absolute Gasteiger partial charge is 0.492 e. The van der Waals surface area contributed by atoms with Crippen LogP contribution in [0.3, 0.4) is 0 Å². The van der Waals surface area contributed by atoms with E-state index >= 15 is 0 Å². The van der Waals surface area contributed by atoms with Gasteiger partial charge in [-0.05, 0) is 30.2 Å². The molecule has 9 nitrogen and oxygen atoms in total. The maximum Gasteiger partial charge on any atom is 0.227 e. The Hall–Kier alpha value is -3.24. The second kappa shape index (κ2) is 12.8. The molecule has 0 amide bonds. The molecule has 1 aromatic carbocycles. The van der Waals surface area contributed by atoms with E-state index in [4.69, 9.17) is 30.5 Å². The van der Waals surface area contributed by atoms with E-state index in [2.05, 4.69) is 25.2 Å². The van der Waals surface area contributed by atoms with Gasteiger partial charge < -0.3 is 24.3 Å². The van der Waals surface area contributed by atoms with Gasteiger partial charge in [0.15, 0.2) is 0 Å². The predicted octanol–water partition coefficient (Wildman–Crippen LogP) is 4.50. The number of aromatic nitrogens is 3. The number of fused-ring (bicyclic) bond motifs is 7. The van der Waals surface area contributed by atoms with Crippen LogP contribution in [0.2, 0.25) is 5.02 Å². The van der Waals surface area contributed by atoms with Crippen molar-refractivity contribution < 1.29 is 18.9 Å². The van der Waals surface area contributed by atoms with E-state index < -0.39 is 0 Å². The molecule has 10 heteroatoms. The Bertz CT molecular complexity index is 1220. The molecule has 1 saturated heterocycles. The van der Waals surface area contributed by atoms with E-state index in [9.17, 15) is 0 Å². The fourth-order valence-electron chi connectivity index (χ4n) is 4.07. The molecule has 0 spiro atoms. The summed E-state index contributed by atoms with van der Waals surface area (Å²) in [5.74, 6) is 1.69. The molecule has 0 unspecified atom stereocenters. The normalized spacial score (nSPS) is 17.5. The molecular weight excluding hydrogens is 494 g/mol. The summed E-state index contributed by atoms with van der Waals surface area (Å²) in [6, 6.07) is 9.64. The van der Waals surface area contributed by atoms with Gasteiger partial charge in [0.1, 0.15) is 12.4 Å². The number of pyridine rings is 1. The molecule has 3 aromatic rings. The smallest absolute Gasteiger partial charge is 0.227 e. The van der Waals surface area contributed by atoms with Crippen LogP contribution in [0.25, 0.3) is 11.3 Å². The minimum atomic E-state index is 0.417. The Labute approximate surface area is 221 Å². The Morgan fingerprint density at radius 2 is 1.95 bits per heavy atom. The first-order chi connectivity index (χ1) is 18.2. The highest BCUT2D eigenvalue weighted by Gasteiger charge is 2.13. The first-order valence-corrected chi connectivity index (χ1v) is 12.8. The Morgan fingerprint density at radius 3 is 2.86 bits per heavy atom. The first-order valence-electron chi connectivity index (χ1n) is 12.4. The number of hydrogen-bond donors (Lipinski definition) is 1. The van der Waals surface area contributed by atoms with Crippen molar-refractivity contribution in [1.29, 1.82) is 0 Å². The number of rotatable bonds is 4. The van der Waals surface area contributed by atoms with Gasteiger partial charge in [0.2, 0.25) is 11.8 Å². The topological polar surface area (TPSA) is 90.9 Å². The third-order valence-corrected chi connectivity index (χ3v) is 6.22. The van der Waals surface area contributed by atoms with Crippen molar-refractivity contribution in [2.24, 2.45) is 0 Å². The molecule has 4 heterocycles. The molecule has 6 bridgehead atoms. The van der Waals surface area contributed by atoms with Gasteiger partial charge in [-0.2, -0.15) is 0 Å². The third kappa shape index (κ3) is 7.39. The van der Waals surface area contributed by atoms with E-state index in [-0.39, 0.29) is 0 Å². The van der Waals surface area contributed by atoms with Crippen LogP contribution in [0.5, 0.6) is 11.6 Å². The molecule has 0 saturated carbocycles. The van der Waals surface area contributed by atoms with Gasteiger partial charge in [0.25, 0.3) is 0 Å². The van der Waals surface area contributed by atoms with Crippen LogP contribution in [-0.2, 0) is 16.1 Å². The highest BCUT2D eigenvalue weighted by Crippen LogP contribution is 2.30. The second-order valence-electron chi connectivity index (χ2n) is 8.69. The van der Waals surface area contributed by atoms with E-state index in [1.807, 2.05) is 42.5 Å². The van der Waals surface area contributed by atoms with Gasteiger partial charge in [-0.3, -0.25) is 4.90 Å². The van der Waals surface area contributed by atoms with Crippen LogP contribution in [0, 0.1) is 0 Å². The van der Waals surface area contributed by atoms with Crippen LogP contribution < -0.4 is 14.8 Å². The summed E-state index contributed by atoms with van der Waals surface area (Å²) in [6.45, 7) is 6.28. The summed E-state index contributed by atoms with van der Waals surface area (Å²) >= 11 is 6.46. The molecule has 37 heavy (non-hydrogen) atoms. The number of nitrogens with zero attached hydrogens (tertiary/aromatic N) is 4. The minimum absolute atomic E-state index is 0.417. The maximum absolute atomic E-state index is 6.46. The van der Waals surface area contributed by atoms with E-state index in [0.29, 0.717) is 49.0 Å². The van der Waals surface area contributed by atoms with E-state index in [1.54, 1.807) is 12.4 Å². The summed E-state index contributed by atoms with van der Waals surface area (Å²) in [5, 5.41) is 3.74. The maximum atomic E-state index is 6.46. The minimum Gasteiger partial charge on any atom is -0.492 e. The fraction of sp³-hybridized carbons (Fsp3) is 0.370. The standard InChI is InChI=1S/C27H30ClN5O4/c28-24-18-30-27-31-22-14-20(15-23(17-22)36-13-8-33-6-11-34-12-7-33)19-35-9-2-1-3-10-37-25-16-21(4-5-29-25)26(24)32-27/h1-2,4-5,14-18H,3,6-13,19H2,(H,30,31,32)/b2-1+. The second-order valence-corrected chi connectivity index (χ2v) is 9.10. The fourth-order valence-corrected chi connectivity index (χ4v) is 4.27. The van der Waals surface area contributed by atoms with Gasteiger partial charge >= 0.3 is 0 Å². The number of ether oxygens (including phenoxy) is 4. The molecule has 0 atom stereocenters. The van der Waals surface area contributed by atoms with Crippen molar-refractivity contribution in [2.75, 3.05) is 58.0 Å². The van der Waals surface area contributed by atoms with Crippen molar-refractivity contribution in [3.8, 4) is 22.9 Å². The van der Waals surface area contributed by atoms with Crippen LogP contribution in [0.15, 0.2) is 54.9 Å². The lowest BCUT2D eigenvalue weighted by molar-refractivity contribution is 0.0322. The number of nitrogens with one attached hydrogen (secondary N) is 1. The van der Waals surface area contributed by atoms with Gasteiger partial charge in [-0.1, -0.05) is 23.8 Å². The highest BCUT2D eigenvalue weighted by atomic mass is 35.5. The zero-order valence-corrected chi connectivity index (χ0v) is 21.3. The summed E-state index contributed by atoms with van der Waals surface area (Å²) in [6.07, 6.45) is 8.05. The lowest BCUT2D eigenvalue weighted by Gasteiger charge is -2.26. The van der Waals surface area contributed by atoms with Crippen LogP contribution in [0.1, 0.15) is 12.0 Å². The average Bonchev–Trinajstić information content (AvgIpc) is 2.91. The lowest BCUT2D eigenvalue weighted by atomic mass is 10.2. The van der Waals surface area contributed by atoms with Crippen molar-refractivity contribution in [2.45, 2.75) is 13.0 Å². The quantitative estimate of drug-likeness (QED) is 0.496. The molecule has 2 aliphatic rings. The number of benzene rings is 1. The van der Waals surface area contributed by atoms with Crippen LogP contribution >= 0.6 is 11.6 Å². The zero-order valence-electron chi connectivity index (χ0n) is 20.6. The molecular formula is C27H30ClN5O4. The number of anilines is 2. The van der Waals surface area contributed by atoms with Gasteiger partial charge in [0.05, 0.1) is 49.9 Å².